The van der Waals surface area contributed by atoms with Gasteiger partial charge in [-0.2, -0.15) is 0 Å². The second kappa shape index (κ2) is 20.5. The highest BCUT2D eigenvalue weighted by atomic mass is 16.7. The lowest BCUT2D eigenvalue weighted by Crippen LogP contribution is -2.56. The number of rotatable bonds is 18. The van der Waals surface area contributed by atoms with E-state index in [2.05, 4.69) is 5.32 Å². The van der Waals surface area contributed by atoms with Gasteiger partial charge in [-0.3, -0.25) is 24.0 Å². The molecule has 3 aliphatic carbocycles. The number of esters is 1. The number of phenols is 2. The number of ether oxygens (including phenoxy) is 5. The number of aromatic hydroxyl groups is 2. The molecule has 364 valence electrons. The van der Waals surface area contributed by atoms with Crippen molar-refractivity contribution in [3.8, 4) is 28.4 Å². The summed E-state index contributed by atoms with van der Waals surface area (Å²) in [7, 11) is 1.31. The third-order valence-corrected chi connectivity index (χ3v) is 13.6. The Morgan fingerprint density at radius 3 is 2.07 bits per heavy atom. The minimum Gasteiger partial charge on any atom is -0.507 e. The number of carbonyl (C=O) groups excluding carboxylic acids is 5. The van der Waals surface area contributed by atoms with Crippen LogP contribution >= 0.6 is 0 Å². The fourth-order valence-corrected chi connectivity index (χ4v) is 10.1. The van der Waals surface area contributed by atoms with E-state index >= 15 is 0 Å². The van der Waals surface area contributed by atoms with Gasteiger partial charge in [-0.1, -0.05) is 86.3 Å². The highest BCUT2D eigenvalue weighted by molar-refractivity contribution is 6.31. The molecule has 17 heteroatoms. The maximum Gasteiger partial charge on any atom is 0.407 e. The fourth-order valence-electron chi connectivity index (χ4n) is 10.1. The highest BCUT2D eigenvalue weighted by Crippen LogP contribution is 2.53. The molecule has 4 aromatic rings. The average molecular weight is 950 g/mol. The van der Waals surface area contributed by atoms with Crippen molar-refractivity contribution in [2.75, 3.05) is 20.3 Å². The smallest absolute Gasteiger partial charge is 0.407 e. The number of aliphatic hydroxyl groups is 2. The molecule has 1 heterocycles. The predicted octanol–water partition coefficient (Wildman–Crippen LogP) is 6.34. The van der Waals surface area contributed by atoms with Gasteiger partial charge in [-0.25, -0.2) is 4.79 Å². The molecule has 0 unspecified atom stereocenters. The molecule has 8 rings (SSSR count). The van der Waals surface area contributed by atoms with Crippen LogP contribution in [0.3, 0.4) is 0 Å². The molecule has 1 amide bonds. The first-order valence-corrected chi connectivity index (χ1v) is 23.2. The van der Waals surface area contributed by atoms with Gasteiger partial charge in [-0.15, -0.1) is 0 Å². The van der Waals surface area contributed by atoms with Crippen molar-refractivity contribution in [2.24, 2.45) is 0 Å². The van der Waals surface area contributed by atoms with Crippen molar-refractivity contribution in [1.82, 2.24) is 5.32 Å². The summed E-state index contributed by atoms with van der Waals surface area (Å²) < 4.78 is 28.9. The molecule has 4 aromatic carbocycles. The van der Waals surface area contributed by atoms with Crippen molar-refractivity contribution in [3.63, 3.8) is 0 Å². The van der Waals surface area contributed by atoms with Crippen molar-refractivity contribution in [3.05, 3.63) is 111 Å². The van der Waals surface area contributed by atoms with Crippen LogP contribution in [0, 0.1) is 0 Å². The molecule has 6 atom stereocenters. The van der Waals surface area contributed by atoms with Crippen molar-refractivity contribution in [2.45, 2.75) is 120 Å². The van der Waals surface area contributed by atoms with Gasteiger partial charge in [-0.05, 0) is 48.1 Å². The lowest BCUT2D eigenvalue weighted by Gasteiger charge is -2.42. The summed E-state index contributed by atoms with van der Waals surface area (Å²) in [5.41, 5.74) is -0.202. The number of fused-ring (bicyclic) bond motifs is 6. The second-order valence-electron chi connectivity index (χ2n) is 18.1. The molecule has 1 fully saturated rings. The summed E-state index contributed by atoms with van der Waals surface area (Å²) in [6.45, 7) is 0.661. The lowest BCUT2D eigenvalue weighted by molar-refractivity contribution is -0.249. The predicted molar refractivity (Wildman–Crippen MR) is 244 cm³/mol. The van der Waals surface area contributed by atoms with E-state index in [4.69, 9.17) is 28.8 Å². The molecular formula is C52H55NO16. The third-order valence-electron chi connectivity index (χ3n) is 13.6. The Morgan fingerprint density at radius 1 is 0.783 bits per heavy atom. The number of amides is 1. The quantitative estimate of drug-likeness (QED) is 0.0318. The average Bonchev–Trinajstić information content (AvgIpc) is 3.65. The Hall–Kier alpha value is -6.66. The first kappa shape index (κ1) is 48.8. The first-order chi connectivity index (χ1) is 33.1. The number of Topliss-reactive ketones (excluding diaryl/α,β-unsaturated/α-hetero) is 1. The summed E-state index contributed by atoms with van der Waals surface area (Å²) >= 11 is 0. The van der Waals surface area contributed by atoms with Crippen LogP contribution in [-0.4, -0.2) is 111 Å². The third kappa shape index (κ3) is 9.82. The van der Waals surface area contributed by atoms with E-state index in [1.54, 1.807) is 0 Å². The molecule has 1 saturated heterocycles. The van der Waals surface area contributed by atoms with Gasteiger partial charge in [0, 0.05) is 54.7 Å². The van der Waals surface area contributed by atoms with E-state index in [1.807, 2.05) is 48.5 Å². The number of hydrogen-bond acceptors (Lipinski definition) is 15. The molecule has 0 aromatic heterocycles. The van der Waals surface area contributed by atoms with Crippen LogP contribution in [0.25, 0.3) is 11.1 Å². The van der Waals surface area contributed by atoms with Gasteiger partial charge < -0.3 is 54.5 Å². The number of carboxylic acids is 1. The number of carbonyl (C=O) groups is 6. The number of aliphatic hydroxyl groups excluding tert-OH is 1. The van der Waals surface area contributed by atoms with E-state index in [9.17, 15) is 49.2 Å². The SMILES string of the molecule is COc1cccc2c1C(=O)c1c(O)c3c(c(O)c1C2=O)C[C@@](O)(C(=O)COC(=O)CCCCCCCCC(=O)O)C[C@@H]3O[C@H]1C[C@H](NC(=O)OCC2c3ccccc3-c3ccccc32)[C@H](O)[C@H](C)O1. The summed E-state index contributed by atoms with van der Waals surface area (Å²) in [6, 6.07) is 19.0. The summed E-state index contributed by atoms with van der Waals surface area (Å²) in [6.07, 6.45) is -3.38. The zero-order valence-electron chi connectivity index (χ0n) is 38.2. The maximum absolute atomic E-state index is 14.2. The zero-order valence-corrected chi connectivity index (χ0v) is 38.2. The molecule has 0 bridgehead atoms. The highest BCUT2D eigenvalue weighted by Gasteiger charge is 2.51. The Morgan fingerprint density at radius 2 is 1.41 bits per heavy atom. The van der Waals surface area contributed by atoms with Gasteiger partial charge in [0.05, 0.1) is 42.0 Å². The molecule has 0 saturated carbocycles. The molecule has 4 aliphatic rings. The molecule has 0 spiro atoms. The Labute approximate surface area is 397 Å². The number of methoxy groups -OCH3 is 1. The maximum atomic E-state index is 14.2. The number of alkyl carbamates (subject to hydrolysis) is 1. The number of hydrogen-bond donors (Lipinski definition) is 6. The van der Waals surface area contributed by atoms with Crippen molar-refractivity contribution >= 4 is 35.4 Å². The van der Waals surface area contributed by atoms with Gasteiger partial charge in [0.25, 0.3) is 0 Å². The molecule has 69 heavy (non-hydrogen) atoms. The molecular weight excluding hydrogens is 895 g/mol. The zero-order chi connectivity index (χ0) is 49.1. The Kier molecular flexibility index (Phi) is 14.5. The topological polar surface area (TPSA) is 262 Å². The molecule has 0 radical (unpaired) electrons. The number of carboxylic acid groups (broad SMARTS) is 1. The monoisotopic (exact) mass is 949 g/mol. The van der Waals surface area contributed by atoms with Crippen LogP contribution in [0.2, 0.25) is 0 Å². The van der Waals surface area contributed by atoms with Crippen LogP contribution in [0.1, 0.15) is 137 Å². The number of nitrogens with one attached hydrogen (secondary N) is 1. The molecule has 17 nitrogen and oxygen atoms in total. The Balaban J connectivity index is 1.01. The second-order valence-corrected chi connectivity index (χ2v) is 18.1. The van der Waals surface area contributed by atoms with E-state index in [1.165, 1.54) is 32.2 Å². The molecule has 6 N–H and O–H groups in total. The van der Waals surface area contributed by atoms with Crippen LogP contribution < -0.4 is 10.1 Å². The van der Waals surface area contributed by atoms with Crippen molar-refractivity contribution < 1.29 is 78.0 Å². The number of benzene rings is 4. The van der Waals surface area contributed by atoms with E-state index in [-0.39, 0.29) is 59.8 Å². The Bertz CT molecular complexity index is 2630. The minimum atomic E-state index is -2.44. The normalized spacial score (nSPS) is 22.3. The summed E-state index contributed by atoms with van der Waals surface area (Å²) in [4.78, 5) is 79.2. The van der Waals surface area contributed by atoms with Crippen LogP contribution in [-0.2, 0) is 39.8 Å². The number of ketones is 3. The van der Waals surface area contributed by atoms with E-state index in [0.29, 0.717) is 19.3 Å². The van der Waals surface area contributed by atoms with Crippen LogP contribution in [0.5, 0.6) is 17.2 Å². The summed E-state index contributed by atoms with van der Waals surface area (Å²) in [5.74, 6) is -5.94. The van der Waals surface area contributed by atoms with Gasteiger partial charge >= 0.3 is 18.0 Å². The van der Waals surface area contributed by atoms with Crippen LogP contribution in [0.4, 0.5) is 4.79 Å². The van der Waals surface area contributed by atoms with E-state index < -0.39 is 114 Å². The largest absolute Gasteiger partial charge is 0.507 e. The lowest BCUT2D eigenvalue weighted by atomic mass is 9.72. The summed E-state index contributed by atoms with van der Waals surface area (Å²) in [5, 5.41) is 59.0. The first-order valence-electron chi connectivity index (χ1n) is 23.2. The van der Waals surface area contributed by atoms with E-state index in [0.717, 1.165) is 41.5 Å². The van der Waals surface area contributed by atoms with Gasteiger partial charge in [0.1, 0.15) is 35.6 Å². The molecule has 1 aliphatic heterocycles. The van der Waals surface area contributed by atoms with Gasteiger partial charge in [0.15, 0.2) is 18.7 Å². The number of unbranched alkanes of at least 4 members (excludes halogenated alkanes) is 5. The van der Waals surface area contributed by atoms with Crippen LogP contribution in [0.15, 0.2) is 66.7 Å². The van der Waals surface area contributed by atoms with Gasteiger partial charge in [0.2, 0.25) is 11.6 Å². The minimum absolute atomic E-state index is 0.00230. The number of aliphatic carboxylic acids is 1. The standard InChI is InChI=1S/C52H55NO16/c1-27-46(58)35(53-51(63)67-25-34-30-16-11-9-14-28(30)29-15-10-12-17-31(29)34)22-41(68-27)69-37-24-52(64,38(54)26-66-40(57)21-8-6-4-3-5-7-20-39(55)56)23-33-43(37)50(62)45-44(48(33)60)47(59)32-18-13-19-36(65-2)42(32)49(45)61/h9-19,27,34-35,37,41,46,58,60,62,64H,3-8,20-26H2,1-2H3,(H,53,63)(H,55,56)/t27-,35-,37-,41-,46+,52-/m0/s1. The fraction of sp³-hybridized carbons (Fsp3) is 0.423. The number of phenolic OH excluding ortho intramolecular Hbond substituents is 2. The van der Waals surface area contributed by atoms with Crippen molar-refractivity contribution in [1.29, 1.82) is 0 Å².